The van der Waals surface area contributed by atoms with Gasteiger partial charge in [-0.2, -0.15) is 0 Å². The molecule has 1 N–H and O–H groups in total. The van der Waals surface area contributed by atoms with E-state index in [0.29, 0.717) is 22.3 Å². The number of fused-ring (bicyclic) bond motifs is 1. The van der Waals surface area contributed by atoms with E-state index in [1.54, 1.807) is 0 Å². The van der Waals surface area contributed by atoms with Crippen LogP contribution in [-0.4, -0.2) is 26.2 Å². The van der Waals surface area contributed by atoms with Crippen molar-refractivity contribution in [2.45, 2.75) is 13.8 Å². The number of nitrogens with zero attached hydrogens (tertiary/aromatic N) is 1. The van der Waals surface area contributed by atoms with Gasteiger partial charge in [0, 0.05) is 37.3 Å². The quantitative estimate of drug-likeness (QED) is 0.779. The SMILES string of the molecule is Cc1ccc2oc(-c3ccccc3)c(C)c(=O)c2c1N1CCNCC1. The van der Waals surface area contributed by atoms with Crippen molar-refractivity contribution < 1.29 is 4.42 Å². The van der Waals surface area contributed by atoms with Crippen LogP contribution in [0, 0.1) is 13.8 Å². The predicted molar refractivity (Wildman–Crippen MR) is 102 cm³/mol. The monoisotopic (exact) mass is 334 g/mol. The number of hydrogen-bond acceptors (Lipinski definition) is 4. The zero-order valence-electron chi connectivity index (χ0n) is 14.6. The van der Waals surface area contributed by atoms with Gasteiger partial charge in [0.25, 0.3) is 0 Å². The number of aryl methyl sites for hydroxylation is 1. The summed E-state index contributed by atoms with van der Waals surface area (Å²) >= 11 is 0. The summed E-state index contributed by atoms with van der Waals surface area (Å²) in [5.74, 6) is 0.660. The van der Waals surface area contributed by atoms with Crippen molar-refractivity contribution in [3.8, 4) is 11.3 Å². The number of anilines is 1. The summed E-state index contributed by atoms with van der Waals surface area (Å²) in [7, 11) is 0. The van der Waals surface area contributed by atoms with Crippen LogP contribution in [0.3, 0.4) is 0 Å². The first-order valence-electron chi connectivity index (χ1n) is 8.75. The molecule has 0 aliphatic carbocycles. The lowest BCUT2D eigenvalue weighted by Crippen LogP contribution is -2.44. The molecular formula is C21H22N2O2. The lowest BCUT2D eigenvalue weighted by Gasteiger charge is -2.31. The fourth-order valence-corrected chi connectivity index (χ4v) is 3.62. The Hall–Kier alpha value is -2.59. The third-order valence-corrected chi connectivity index (χ3v) is 4.93. The van der Waals surface area contributed by atoms with Gasteiger partial charge >= 0.3 is 0 Å². The molecule has 0 bridgehead atoms. The zero-order valence-corrected chi connectivity index (χ0v) is 14.6. The fourth-order valence-electron chi connectivity index (χ4n) is 3.62. The Kier molecular flexibility index (Phi) is 4.06. The molecule has 1 aliphatic rings. The van der Waals surface area contributed by atoms with Crippen molar-refractivity contribution in [1.82, 2.24) is 5.32 Å². The van der Waals surface area contributed by atoms with Gasteiger partial charge in [0.2, 0.25) is 0 Å². The first-order chi connectivity index (χ1) is 12.2. The largest absolute Gasteiger partial charge is 0.455 e. The van der Waals surface area contributed by atoms with Crippen molar-refractivity contribution in [2.24, 2.45) is 0 Å². The molecule has 4 nitrogen and oxygen atoms in total. The van der Waals surface area contributed by atoms with Crippen LogP contribution in [0.5, 0.6) is 0 Å². The Balaban J connectivity index is 1.98. The highest BCUT2D eigenvalue weighted by atomic mass is 16.3. The van der Waals surface area contributed by atoms with Crippen molar-refractivity contribution >= 4 is 16.7 Å². The summed E-state index contributed by atoms with van der Waals surface area (Å²) in [5.41, 5.74) is 4.47. The smallest absolute Gasteiger partial charge is 0.198 e. The molecule has 0 radical (unpaired) electrons. The van der Waals surface area contributed by atoms with Gasteiger partial charge in [-0.1, -0.05) is 36.4 Å². The topological polar surface area (TPSA) is 45.5 Å². The molecule has 1 fully saturated rings. The first kappa shape index (κ1) is 15.9. The van der Waals surface area contributed by atoms with Crippen LogP contribution in [0.2, 0.25) is 0 Å². The van der Waals surface area contributed by atoms with Gasteiger partial charge < -0.3 is 14.6 Å². The maximum absolute atomic E-state index is 13.2. The normalized spacial score (nSPS) is 14.9. The lowest BCUT2D eigenvalue weighted by atomic mass is 10.0. The van der Waals surface area contributed by atoms with Crippen molar-refractivity contribution in [3.63, 3.8) is 0 Å². The molecule has 0 amide bonds. The molecule has 2 aromatic carbocycles. The van der Waals surface area contributed by atoms with E-state index in [9.17, 15) is 4.79 Å². The molecule has 0 atom stereocenters. The maximum atomic E-state index is 13.2. The second-order valence-electron chi connectivity index (χ2n) is 6.59. The molecule has 0 unspecified atom stereocenters. The minimum absolute atomic E-state index is 0.0670. The van der Waals surface area contributed by atoms with E-state index in [0.717, 1.165) is 43.0 Å². The van der Waals surface area contributed by atoms with Gasteiger partial charge in [0.15, 0.2) is 5.43 Å². The van der Waals surface area contributed by atoms with E-state index >= 15 is 0 Å². The molecule has 25 heavy (non-hydrogen) atoms. The van der Waals surface area contributed by atoms with E-state index in [1.165, 1.54) is 0 Å². The fraction of sp³-hybridized carbons (Fsp3) is 0.286. The number of nitrogens with one attached hydrogen (secondary N) is 1. The van der Waals surface area contributed by atoms with Crippen LogP contribution in [0.4, 0.5) is 5.69 Å². The molecule has 4 heteroatoms. The number of rotatable bonds is 2. The Morgan fingerprint density at radius 3 is 2.44 bits per heavy atom. The summed E-state index contributed by atoms with van der Waals surface area (Å²) in [4.78, 5) is 15.5. The summed E-state index contributed by atoms with van der Waals surface area (Å²) in [6.45, 7) is 7.59. The van der Waals surface area contributed by atoms with Gasteiger partial charge in [-0.25, -0.2) is 0 Å². The molecule has 1 saturated heterocycles. The highest BCUT2D eigenvalue weighted by Gasteiger charge is 2.21. The van der Waals surface area contributed by atoms with Gasteiger partial charge in [-0.05, 0) is 25.5 Å². The molecule has 0 spiro atoms. The van der Waals surface area contributed by atoms with Gasteiger partial charge in [0.1, 0.15) is 11.3 Å². The third kappa shape index (κ3) is 2.72. The van der Waals surface area contributed by atoms with E-state index in [1.807, 2.05) is 49.4 Å². The predicted octanol–water partition coefficient (Wildman–Crippen LogP) is 3.49. The number of benzene rings is 2. The van der Waals surface area contributed by atoms with E-state index in [2.05, 4.69) is 17.1 Å². The van der Waals surface area contributed by atoms with Crippen LogP contribution < -0.4 is 15.6 Å². The number of hydrogen-bond donors (Lipinski definition) is 1. The Morgan fingerprint density at radius 2 is 1.72 bits per heavy atom. The summed E-state index contributed by atoms with van der Waals surface area (Å²) in [5, 5.41) is 4.07. The third-order valence-electron chi connectivity index (χ3n) is 4.93. The summed E-state index contributed by atoms with van der Waals surface area (Å²) in [6.07, 6.45) is 0. The molecule has 1 aromatic heterocycles. The molecular weight excluding hydrogens is 312 g/mol. The maximum Gasteiger partial charge on any atom is 0.198 e. The lowest BCUT2D eigenvalue weighted by molar-refractivity contribution is 0.587. The minimum Gasteiger partial charge on any atom is -0.455 e. The van der Waals surface area contributed by atoms with Crippen LogP contribution >= 0.6 is 0 Å². The minimum atomic E-state index is 0.0670. The second kappa shape index (κ2) is 6.37. The van der Waals surface area contributed by atoms with Crippen LogP contribution in [0.15, 0.2) is 51.7 Å². The number of piperazine rings is 1. The Morgan fingerprint density at radius 1 is 1.00 bits per heavy atom. The highest BCUT2D eigenvalue weighted by molar-refractivity contribution is 5.94. The highest BCUT2D eigenvalue weighted by Crippen LogP contribution is 2.32. The Labute approximate surface area is 147 Å². The molecule has 3 aromatic rings. The van der Waals surface area contributed by atoms with Gasteiger partial charge in [-0.3, -0.25) is 4.79 Å². The van der Waals surface area contributed by atoms with Gasteiger partial charge in [-0.15, -0.1) is 0 Å². The average Bonchev–Trinajstić information content (AvgIpc) is 2.66. The van der Waals surface area contributed by atoms with Crippen molar-refractivity contribution in [2.75, 3.05) is 31.1 Å². The van der Waals surface area contributed by atoms with Crippen LogP contribution in [0.25, 0.3) is 22.3 Å². The molecule has 128 valence electrons. The van der Waals surface area contributed by atoms with Crippen LogP contribution in [-0.2, 0) is 0 Å². The van der Waals surface area contributed by atoms with E-state index in [-0.39, 0.29) is 5.43 Å². The van der Waals surface area contributed by atoms with Crippen LogP contribution in [0.1, 0.15) is 11.1 Å². The van der Waals surface area contributed by atoms with Gasteiger partial charge in [0.05, 0.1) is 11.1 Å². The molecule has 0 saturated carbocycles. The zero-order chi connectivity index (χ0) is 17.4. The standard InChI is InChI=1S/C21H22N2O2/c1-14-8-9-17-18(19(14)23-12-10-22-11-13-23)20(24)15(2)21(25-17)16-6-4-3-5-7-16/h3-9,22H,10-13H2,1-2H3. The summed E-state index contributed by atoms with van der Waals surface area (Å²) in [6, 6.07) is 13.8. The summed E-state index contributed by atoms with van der Waals surface area (Å²) < 4.78 is 6.20. The Bertz CT molecular complexity index is 971. The van der Waals surface area contributed by atoms with Crippen molar-refractivity contribution in [3.05, 3.63) is 63.8 Å². The van der Waals surface area contributed by atoms with E-state index < -0.39 is 0 Å². The van der Waals surface area contributed by atoms with Crippen molar-refractivity contribution in [1.29, 1.82) is 0 Å². The molecule has 4 rings (SSSR count). The molecule has 1 aliphatic heterocycles. The average molecular weight is 334 g/mol. The first-order valence-corrected chi connectivity index (χ1v) is 8.75. The van der Waals surface area contributed by atoms with E-state index in [4.69, 9.17) is 4.42 Å². The molecule has 2 heterocycles. The second-order valence-corrected chi connectivity index (χ2v) is 6.59.